The zero-order valence-corrected chi connectivity index (χ0v) is 9.81. The number of nitro groups is 1. The molecule has 1 heterocycles. The predicted molar refractivity (Wildman–Crippen MR) is 66.2 cm³/mol. The smallest absolute Gasteiger partial charge is 0.258 e. The summed E-state index contributed by atoms with van der Waals surface area (Å²) in [6.45, 7) is 0. The van der Waals surface area contributed by atoms with Crippen molar-refractivity contribution in [1.29, 1.82) is 0 Å². The first-order valence-corrected chi connectivity index (χ1v) is 6.32. The highest BCUT2D eigenvalue weighted by Crippen LogP contribution is 2.42. The van der Waals surface area contributed by atoms with Crippen molar-refractivity contribution in [2.24, 2.45) is 0 Å². The average Bonchev–Trinajstić information content (AvgIpc) is 3.07. The molecule has 86 valence electrons. The second-order valence-corrected chi connectivity index (χ2v) is 5.04. The Morgan fingerprint density at radius 3 is 2.59 bits per heavy atom. The molecule has 1 aromatic carbocycles. The molecule has 1 aromatic heterocycles. The van der Waals surface area contributed by atoms with Crippen molar-refractivity contribution in [1.82, 2.24) is 4.98 Å². The second-order valence-electron chi connectivity index (χ2n) is 4.15. The Bertz CT molecular complexity index is 558. The summed E-state index contributed by atoms with van der Waals surface area (Å²) in [5.74, 6) is 0.659. The Kier molecular flexibility index (Phi) is 2.40. The first-order chi connectivity index (χ1) is 8.24. The molecule has 0 radical (unpaired) electrons. The molecule has 0 aliphatic heterocycles. The number of nitrogens with zero attached hydrogens (tertiary/aromatic N) is 2. The molecule has 3 rings (SSSR count). The normalized spacial score (nSPS) is 14.8. The fraction of sp³-hybridized carbons (Fsp3) is 0.250. The van der Waals surface area contributed by atoms with Crippen molar-refractivity contribution >= 4 is 17.0 Å². The van der Waals surface area contributed by atoms with Crippen LogP contribution in [0.3, 0.4) is 0 Å². The van der Waals surface area contributed by atoms with Crippen LogP contribution < -0.4 is 0 Å². The van der Waals surface area contributed by atoms with Gasteiger partial charge in [0.15, 0.2) is 0 Å². The molecule has 0 unspecified atom stereocenters. The van der Waals surface area contributed by atoms with Gasteiger partial charge in [0.2, 0.25) is 0 Å². The van der Waals surface area contributed by atoms with Crippen LogP contribution in [-0.2, 0) is 0 Å². The molecule has 0 N–H and O–H groups in total. The van der Waals surface area contributed by atoms with Crippen LogP contribution in [0.25, 0.3) is 11.3 Å². The highest BCUT2D eigenvalue weighted by molar-refractivity contribution is 7.10. The standard InChI is InChI=1S/C12H10N2O2S/c15-14(16)10-5-3-8(4-6-10)11-7-17-12(13-11)9-1-2-9/h3-7,9H,1-2H2. The van der Waals surface area contributed by atoms with Gasteiger partial charge in [0, 0.05) is 29.0 Å². The molecular formula is C12H10N2O2S. The quantitative estimate of drug-likeness (QED) is 0.614. The molecule has 0 spiro atoms. The number of non-ortho nitro benzene ring substituents is 1. The van der Waals surface area contributed by atoms with Gasteiger partial charge in [-0.05, 0) is 25.0 Å². The minimum Gasteiger partial charge on any atom is -0.258 e. The summed E-state index contributed by atoms with van der Waals surface area (Å²) >= 11 is 1.68. The Morgan fingerprint density at radius 1 is 1.29 bits per heavy atom. The van der Waals surface area contributed by atoms with Crippen LogP contribution >= 0.6 is 11.3 Å². The van der Waals surface area contributed by atoms with E-state index < -0.39 is 0 Å². The summed E-state index contributed by atoms with van der Waals surface area (Å²) in [6, 6.07) is 6.55. The van der Waals surface area contributed by atoms with E-state index in [4.69, 9.17) is 0 Å². The molecule has 0 saturated heterocycles. The van der Waals surface area contributed by atoms with Crippen LogP contribution in [0.2, 0.25) is 0 Å². The molecule has 5 heteroatoms. The number of rotatable bonds is 3. The monoisotopic (exact) mass is 246 g/mol. The van der Waals surface area contributed by atoms with Crippen molar-refractivity contribution in [3.8, 4) is 11.3 Å². The van der Waals surface area contributed by atoms with Crippen LogP contribution in [0.1, 0.15) is 23.8 Å². The van der Waals surface area contributed by atoms with Gasteiger partial charge < -0.3 is 0 Å². The van der Waals surface area contributed by atoms with E-state index >= 15 is 0 Å². The van der Waals surface area contributed by atoms with Crippen molar-refractivity contribution < 1.29 is 4.92 Å². The fourth-order valence-corrected chi connectivity index (χ4v) is 2.69. The number of nitro benzene ring substituents is 1. The van der Waals surface area contributed by atoms with Crippen molar-refractivity contribution in [2.45, 2.75) is 18.8 Å². The lowest BCUT2D eigenvalue weighted by Crippen LogP contribution is -1.87. The van der Waals surface area contributed by atoms with E-state index in [0.717, 1.165) is 11.3 Å². The number of hydrogen-bond acceptors (Lipinski definition) is 4. The van der Waals surface area contributed by atoms with Crippen LogP contribution in [0.15, 0.2) is 29.6 Å². The lowest BCUT2D eigenvalue weighted by molar-refractivity contribution is -0.384. The SMILES string of the molecule is O=[N+]([O-])c1ccc(-c2csc(C3CC3)n2)cc1. The van der Waals surface area contributed by atoms with Gasteiger partial charge >= 0.3 is 0 Å². The Balaban J connectivity index is 1.89. The molecular weight excluding hydrogens is 236 g/mol. The van der Waals surface area contributed by atoms with E-state index in [0.29, 0.717) is 5.92 Å². The number of thiazole rings is 1. The molecule has 2 aromatic rings. The third-order valence-electron chi connectivity index (χ3n) is 2.82. The minimum atomic E-state index is -0.388. The summed E-state index contributed by atoms with van der Waals surface area (Å²) < 4.78 is 0. The second kappa shape index (κ2) is 3.92. The van der Waals surface area contributed by atoms with Crippen LogP contribution in [0.4, 0.5) is 5.69 Å². The van der Waals surface area contributed by atoms with Gasteiger partial charge in [0.25, 0.3) is 5.69 Å². The summed E-state index contributed by atoms with van der Waals surface area (Å²) in [4.78, 5) is 14.7. The summed E-state index contributed by atoms with van der Waals surface area (Å²) in [6.07, 6.45) is 2.49. The molecule has 1 aliphatic rings. The van der Waals surface area contributed by atoms with Crippen molar-refractivity contribution in [3.63, 3.8) is 0 Å². The zero-order chi connectivity index (χ0) is 11.8. The Hall–Kier alpha value is -1.75. The van der Waals surface area contributed by atoms with E-state index in [1.807, 2.05) is 5.38 Å². The van der Waals surface area contributed by atoms with Crippen molar-refractivity contribution in [2.75, 3.05) is 0 Å². The number of aromatic nitrogens is 1. The molecule has 0 bridgehead atoms. The molecule has 4 nitrogen and oxygen atoms in total. The third kappa shape index (κ3) is 2.06. The number of hydrogen-bond donors (Lipinski definition) is 0. The first-order valence-electron chi connectivity index (χ1n) is 5.44. The van der Waals surface area contributed by atoms with Gasteiger partial charge in [-0.3, -0.25) is 10.1 Å². The highest BCUT2D eigenvalue weighted by Gasteiger charge is 2.26. The molecule has 1 saturated carbocycles. The van der Waals surface area contributed by atoms with Gasteiger partial charge in [-0.1, -0.05) is 0 Å². The molecule has 17 heavy (non-hydrogen) atoms. The van der Waals surface area contributed by atoms with E-state index in [1.54, 1.807) is 23.5 Å². The lowest BCUT2D eigenvalue weighted by atomic mass is 10.1. The van der Waals surface area contributed by atoms with Gasteiger partial charge in [-0.2, -0.15) is 0 Å². The van der Waals surface area contributed by atoms with Crippen LogP contribution in [0.5, 0.6) is 0 Å². The topological polar surface area (TPSA) is 56.0 Å². The maximum absolute atomic E-state index is 10.5. The van der Waals surface area contributed by atoms with E-state index in [9.17, 15) is 10.1 Å². The predicted octanol–water partition coefficient (Wildman–Crippen LogP) is 3.60. The van der Waals surface area contributed by atoms with E-state index in [1.165, 1.54) is 30.0 Å². The van der Waals surface area contributed by atoms with Crippen molar-refractivity contribution in [3.05, 3.63) is 44.8 Å². The largest absolute Gasteiger partial charge is 0.269 e. The Labute approximate surface area is 102 Å². The minimum absolute atomic E-state index is 0.117. The maximum Gasteiger partial charge on any atom is 0.269 e. The van der Waals surface area contributed by atoms with Gasteiger partial charge in [0.05, 0.1) is 15.6 Å². The fourth-order valence-electron chi connectivity index (χ4n) is 1.69. The van der Waals surface area contributed by atoms with Crippen LogP contribution in [-0.4, -0.2) is 9.91 Å². The molecule has 1 fully saturated rings. The Morgan fingerprint density at radius 2 is 2.00 bits per heavy atom. The van der Waals surface area contributed by atoms with Crippen LogP contribution in [0, 0.1) is 10.1 Å². The maximum atomic E-state index is 10.5. The van der Waals surface area contributed by atoms with Gasteiger partial charge in [-0.25, -0.2) is 4.98 Å². The van der Waals surface area contributed by atoms with Gasteiger partial charge in [-0.15, -0.1) is 11.3 Å². The zero-order valence-electron chi connectivity index (χ0n) is 9.00. The average molecular weight is 246 g/mol. The highest BCUT2D eigenvalue weighted by atomic mass is 32.1. The summed E-state index contributed by atoms with van der Waals surface area (Å²) in [7, 11) is 0. The third-order valence-corrected chi connectivity index (χ3v) is 3.83. The number of benzene rings is 1. The first kappa shape index (κ1) is 10.4. The van der Waals surface area contributed by atoms with Gasteiger partial charge in [0.1, 0.15) is 0 Å². The van der Waals surface area contributed by atoms with E-state index in [2.05, 4.69) is 4.98 Å². The molecule has 0 atom stereocenters. The summed E-state index contributed by atoms with van der Waals surface area (Å²) in [5.41, 5.74) is 1.98. The lowest BCUT2D eigenvalue weighted by Gasteiger charge is -1.96. The summed E-state index contributed by atoms with van der Waals surface area (Å²) in [5, 5.41) is 13.8. The van der Waals surface area contributed by atoms with E-state index in [-0.39, 0.29) is 10.6 Å². The molecule has 0 amide bonds. The molecule has 1 aliphatic carbocycles.